The third kappa shape index (κ3) is 36.9. The van der Waals surface area contributed by atoms with Gasteiger partial charge in [0, 0.05) is 66.6 Å². The second-order valence-electron chi connectivity index (χ2n) is 37.9. The number of hydrogen-bond acceptors (Lipinski definition) is 14. The van der Waals surface area contributed by atoms with Crippen LogP contribution in [0.25, 0.3) is 90.9 Å². The van der Waals surface area contributed by atoms with Crippen molar-refractivity contribution in [3.63, 3.8) is 0 Å². The number of benzene rings is 4. The van der Waals surface area contributed by atoms with Crippen molar-refractivity contribution in [2.75, 3.05) is 105 Å². The summed E-state index contributed by atoms with van der Waals surface area (Å²) in [6.07, 6.45) is 49.7. The zero-order valence-corrected chi connectivity index (χ0v) is 95.7. The molecule has 786 valence electrons. The smallest absolute Gasteiger partial charge is 0.125 e. The number of hydrogen-bond donors (Lipinski definition) is 2. The Hall–Kier alpha value is -4.72. The second kappa shape index (κ2) is 62.5. The van der Waals surface area contributed by atoms with Crippen molar-refractivity contribution in [2.45, 2.75) is 336 Å². The number of nitrogens with zero attached hydrogens (tertiary/aromatic N) is 6. The van der Waals surface area contributed by atoms with E-state index in [4.69, 9.17) is 103 Å². The van der Waals surface area contributed by atoms with Gasteiger partial charge < -0.3 is 46.1 Å². The van der Waals surface area contributed by atoms with Gasteiger partial charge in [-0.15, -0.1) is 0 Å². The molecule has 140 heavy (non-hydrogen) atoms. The standard InChI is InChI=1S/C44H22Cl8N4O12S4.4C16H36N/c45-17-1-13-29(69(57,58)59)41(49)33(17)37-21-5-7-23(53-21)38(34-18(46)2-14-30(42(34)50)70(60,61)62)25-9-11-27(55-25)40(36-20(48)4-16-32(44(36)52)72(66,67)68)28-12-10-26(56-28)39(24-8-6-22(37)54-24)35-19(47)3-15-31(43(35)51)71(63,64)65;4*1-5-9-13-17(14-10-6-2,15-11-7-3)16-12-8-4/h1-16,53-54H,(H,57,58,59)(H,60,61,62)(H,63,64,65)(H,66,67,68);4*5-16H2,1-4H3/q;4*+1/p-4. The van der Waals surface area contributed by atoms with Crippen molar-refractivity contribution in [3.8, 4) is 44.5 Å². The van der Waals surface area contributed by atoms with Crippen molar-refractivity contribution < 1.29 is 69.8 Å². The van der Waals surface area contributed by atoms with E-state index in [1.807, 2.05) is 0 Å². The number of unbranched alkanes of at least 4 members (excludes halogenated alkanes) is 16. The molecule has 4 aromatic carbocycles. The van der Waals surface area contributed by atoms with Crippen molar-refractivity contribution >= 4 is 180 Å². The molecule has 5 heterocycles. The van der Waals surface area contributed by atoms with Crippen LogP contribution in [0.2, 0.25) is 40.2 Å². The molecule has 0 saturated heterocycles. The molecule has 8 bridgehead atoms. The SMILES string of the molecule is CCCC[N+](CCCC)(CCCC)CCCC.CCCC[N+](CCCC)(CCCC)CCCC.CCCC[N+](CCCC)(CCCC)CCCC.CCCC[N+](CCCC)(CCCC)CCCC.O=S(=O)([O-])c1ccc(Cl)c(-c2c3nc(c(-c4c(Cl)ccc(S(=O)(=O)[O-])c4Cl)c4ccc([nH]4)c(-c4c(Cl)ccc(S(=O)(=O)[O-])c4Cl)c4ccc([nH]4)c(-c4c(Cl)ccc(S(=O)(=O)[O-])c4Cl)c4nc2C=C4)C=C3)c1Cl. The Bertz CT molecular complexity index is 5300. The number of rotatable bonds is 56. The van der Waals surface area contributed by atoms with Gasteiger partial charge in [0.25, 0.3) is 0 Å². The number of halogens is 8. The van der Waals surface area contributed by atoms with Crippen molar-refractivity contribution in [3.05, 3.63) is 136 Å². The summed E-state index contributed by atoms with van der Waals surface area (Å²) in [6, 6.07) is 13.6. The second-order valence-corrected chi connectivity index (χ2v) is 46.4. The fraction of sp³-hybridized carbons (Fsp3) is 0.593. The van der Waals surface area contributed by atoms with E-state index in [1.54, 1.807) is 0 Å². The summed E-state index contributed by atoms with van der Waals surface area (Å²) in [5, 5.41) is -3.46. The molecule has 0 amide bonds. The van der Waals surface area contributed by atoms with Gasteiger partial charge in [-0.1, -0.05) is 306 Å². The highest BCUT2D eigenvalue weighted by molar-refractivity contribution is 7.86. The predicted molar refractivity (Wildman–Crippen MR) is 590 cm³/mol. The Morgan fingerprint density at radius 1 is 0.214 bits per heavy atom. The molecule has 0 unspecified atom stereocenters. The summed E-state index contributed by atoms with van der Waals surface area (Å²) < 4.78 is 157. The normalized spacial score (nSPS) is 12.5. The first-order valence-corrected chi connectivity index (χ1v) is 60.5. The first kappa shape index (κ1) is 126. The van der Waals surface area contributed by atoms with Gasteiger partial charge in [0.2, 0.25) is 0 Å². The third-order valence-electron chi connectivity index (χ3n) is 26.8. The molecule has 0 saturated carbocycles. The summed E-state index contributed by atoms with van der Waals surface area (Å²) in [5.74, 6) is 0. The Labute approximate surface area is 882 Å². The molecule has 0 atom stereocenters. The van der Waals surface area contributed by atoms with E-state index >= 15 is 0 Å². The summed E-state index contributed by atoms with van der Waals surface area (Å²) in [7, 11) is -21.1. The molecular formula is C108H162Cl8N8O12S4. The Morgan fingerprint density at radius 2 is 0.357 bits per heavy atom. The highest BCUT2D eigenvalue weighted by Crippen LogP contribution is 2.50. The maximum absolute atomic E-state index is 12.6. The molecule has 2 aliphatic rings. The van der Waals surface area contributed by atoms with Crippen LogP contribution in [0, 0.1) is 0 Å². The fourth-order valence-corrected chi connectivity index (χ4v) is 24.3. The van der Waals surface area contributed by atoms with Gasteiger partial charge in [0.1, 0.15) is 40.5 Å². The van der Waals surface area contributed by atoms with Crippen LogP contribution in [0.3, 0.4) is 0 Å². The molecule has 20 nitrogen and oxygen atoms in total. The van der Waals surface area contributed by atoms with Gasteiger partial charge >= 0.3 is 0 Å². The Morgan fingerprint density at radius 3 is 0.514 bits per heavy atom. The molecule has 0 aliphatic carbocycles. The molecular weight excluding hydrogens is 2010 g/mol. The van der Waals surface area contributed by atoms with E-state index in [0.29, 0.717) is 0 Å². The molecule has 32 heteroatoms. The minimum Gasteiger partial charge on any atom is -0.744 e. The quantitative estimate of drug-likeness (QED) is 0.0265. The van der Waals surface area contributed by atoms with Crippen molar-refractivity contribution in [1.29, 1.82) is 0 Å². The molecule has 0 fully saturated rings. The van der Waals surface area contributed by atoms with E-state index in [1.165, 1.54) is 377 Å². The number of fused-ring (bicyclic) bond motifs is 8. The lowest BCUT2D eigenvalue weighted by molar-refractivity contribution is -0.929. The number of aromatic amines is 2. The average molecular weight is 2180 g/mol. The van der Waals surface area contributed by atoms with Crippen molar-refractivity contribution in [2.24, 2.45) is 0 Å². The minimum atomic E-state index is -5.29. The first-order chi connectivity index (χ1) is 66.5. The van der Waals surface area contributed by atoms with Gasteiger partial charge in [0.15, 0.2) is 0 Å². The van der Waals surface area contributed by atoms with Gasteiger partial charge in [-0.05, 0) is 200 Å². The molecule has 9 rings (SSSR count). The van der Waals surface area contributed by atoms with Crippen LogP contribution in [0.15, 0.2) is 92.4 Å². The number of H-pyrrole nitrogens is 2. The number of nitrogens with one attached hydrogen (secondary N) is 2. The lowest BCUT2D eigenvalue weighted by Crippen LogP contribution is -2.50. The number of quaternary nitrogens is 4. The summed E-state index contributed by atoms with van der Waals surface area (Å²) in [4.78, 5) is 12.4. The zero-order chi connectivity index (χ0) is 104. The monoisotopic (exact) mass is 2170 g/mol. The summed E-state index contributed by atoms with van der Waals surface area (Å²) in [5.41, 5.74) is -1.86. The topological polar surface area (TPSA) is 286 Å². The van der Waals surface area contributed by atoms with Crippen LogP contribution in [0.4, 0.5) is 0 Å². The minimum absolute atomic E-state index is 0.00218. The highest BCUT2D eigenvalue weighted by Gasteiger charge is 2.33. The van der Waals surface area contributed by atoms with Crippen LogP contribution < -0.4 is 0 Å². The lowest BCUT2D eigenvalue weighted by atomic mass is 10.0. The van der Waals surface area contributed by atoms with E-state index in [-0.39, 0.29) is 109 Å². The summed E-state index contributed by atoms with van der Waals surface area (Å²) in [6.45, 7) is 60.1. The molecule has 0 spiro atoms. The van der Waals surface area contributed by atoms with E-state index in [9.17, 15) is 51.9 Å². The predicted octanol–water partition coefficient (Wildman–Crippen LogP) is 32.2. The molecule has 3 aromatic heterocycles. The van der Waals surface area contributed by atoms with Gasteiger partial charge in [-0.2, -0.15) is 0 Å². The van der Waals surface area contributed by atoms with E-state index in [2.05, 4.69) is 121 Å². The number of aromatic nitrogens is 4. The van der Waals surface area contributed by atoms with E-state index in [0.717, 1.165) is 48.5 Å². The summed E-state index contributed by atoms with van der Waals surface area (Å²) >= 11 is 54.3. The first-order valence-electron chi connectivity index (χ1n) is 51.9. The Balaban J connectivity index is 0.000000407. The van der Waals surface area contributed by atoms with Gasteiger partial charge in [-0.25, -0.2) is 43.6 Å². The third-order valence-corrected chi connectivity index (χ3v) is 33.6. The van der Waals surface area contributed by atoms with E-state index < -0.39 is 80.1 Å². The van der Waals surface area contributed by atoms with Gasteiger partial charge in [0.05, 0.1) is 187 Å². The molecule has 0 radical (unpaired) electrons. The Kier molecular flexibility index (Phi) is 56.2. The van der Waals surface area contributed by atoms with Crippen molar-refractivity contribution in [1.82, 2.24) is 19.9 Å². The molecule has 7 aromatic rings. The average Bonchev–Trinajstić information content (AvgIpc) is 1.56. The molecule has 2 aliphatic heterocycles. The maximum atomic E-state index is 12.6. The highest BCUT2D eigenvalue weighted by atomic mass is 35.5. The van der Waals surface area contributed by atoms with Crippen LogP contribution in [0.5, 0.6) is 0 Å². The van der Waals surface area contributed by atoms with Crippen LogP contribution in [-0.4, -0.2) is 194 Å². The van der Waals surface area contributed by atoms with Crippen LogP contribution in [-0.2, 0) is 40.5 Å². The van der Waals surface area contributed by atoms with Crippen LogP contribution >= 0.6 is 92.8 Å². The van der Waals surface area contributed by atoms with Crippen LogP contribution in [0.1, 0.15) is 339 Å². The fourth-order valence-electron chi connectivity index (χ4n) is 18.7. The largest absolute Gasteiger partial charge is 0.744 e. The van der Waals surface area contributed by atoms with Gasteiger partial charge in [-0.3, -0.25) is 0 Å². The lowest BCUT2D eigenvalue weighted by Gasteiger charge is -2.39. The molecule has 2 N–H and O–H groups in total. The maximum Gasteiger partial charge on any atom is 0.125 e. The zero-order valence-electron chi connectivity index (χ0n) is 86.4.